The first-order valence-electron chi connectivity index (χ1n) is 6.41. The van der Waals surface area contributed by atoms with E-state index in [9.17, 15) is 9.59 Å². The maximum Gasteiger partial charge on any atom is 0.336 e. The molecule has 0 fully saturated rings. The summed E-state index contributed by atoms with van der Waals surface area (Å²) >= 11 is 5.86. The fraction of sp³-hybridized carbons (Fsp3) is 0.0588. The quantitative estimate of drug-likeness (QED) is 0.364. The van der Waals surface area contributed by atoms with Gasteiger partial charge < -0.3 is 9.47 Å². The number of hydrogen-bond donors (Lipinski definition) is 0. The zero-order valence-corrected chi connectivity index (χ0v) is 12.5. The minimum absolute atomic E-state index is 0.244. The summed E-state index contributed by atoms with van der Waals surface area (Å²) in [5.41, 5.74) is 1.22. The summed E-state index contributed by atoms with van der Waals surface area (Å²) in [6, 6.07) is 11.6. The molecule has 0 N–H and O–H groups in total. The van der Waals surface area contributed by atoms with Crippen molar-refractivity contribution in [3.8, 4) is 11.5 Å². The summed E-state index contributed by atoms with van der Waals surface area (Å²) < 4.78 is 10.3. The van der Waals surface area contributed by atoms with Crippen LogP contribution in [0.1, 0.15) is 15.9 Å². The SMILES string of the molecule is COc1cc(C=O)ccc1OC(=O)/C=C/c1cccc(Cl)c1. The Morgan fingerprint density at radius 3 is 2.59 bits per heavy atom. The van der Waals surface area contributed by atoms with E-state index in [-0.39, 0.29) is 5.75 Å². The molecule has 0 aliphatic rings. The summed E-state index contributed by atoms with van der Waals surface area (Å²) in [6.45, 7) is 0. The minimum atomic E-state index is -0.558. The lowest BCUT2D eigenvalue weighted by molar-refractivity contribution is -0.129. The Hall–Kier alpha value is -2.59. The summed E-state index contributed by atoms with van der Waals surface area (Å²) in [5, 5.41) is 0.585. The Morgan fingerprint density at radius 1 is 1.09 bits per heavy atom. The molecular formula is C17H13ClO4. The molecule has 112 valence electrons. The normalized spacial score (nSPS) is 10.5. The van der Waals surface area contributed by atoms with E-state index >= 15 is 0 Å². The highest BCUT2D eigenvalue weighted by atomic mass is 35.5. The third-order valence-corrected chi connectivity index (χ3v) is 3.03. The molecule has 0 saturated heterocycles. The number of carbonyl (C=O) groups is 2. The topological polar surface area (TPSA) is 52.6 Å². The van der Waals surface area contributed by atoms with Crippen molar-refractivity contribution in [1.29, 1.82) is 0 Å². The van der Waals surface area contributed by atoms with Crippen LogP contribution in [0, 0.1) is 0 Å². The number of methoxy groups -OCH3 is 1. The monoisotopic (exact) mass is 316 g/mol. The fourth-order valence-corrected chi connectivity index (χ4v) is 1.96. The highest BCUT2D eigenvalue weighted by molar-refractivity contribution is 6.30. The van der Waals surface area contributed by atoms with Gasteiger partial charge in [-0.3, -0.25) is 4.79 Å². The first-order chi connectivity index (χ1) is 10.6. The third-order valence-electron chi connectivity index (χ3n) is 2.79. The van der Waals surface area contributed by atoms with Crippen molar-refractivity contribution in [2.45, 2.75) is 0 Å². The molecule has 0 radical (unpaired) electrons. The van der Waals surface area contributed by atoms with E-state index < -0.39 is 5.97 Å². The van der Waals surface area contributed by atoms with E-state index in [1.165, 1.54) is 25.3 Å². The van der Waals surface area contributed by atoms with Gasteiger partial charge in [0.05, 0.1) is 7.11 Å². The van der Waals surface area contributed by atoms with E-state index in [1.807, 2.05) is 6.07 Å². The van der Waals surface area contributed by atoms with Gasteiger partial charge in [-0.15, -0.1) is 0 Å². The average molecular weight is 317 g/mol. The number of benzene rings is 2. The molecule has 5 heteroatoms. The van der Waals surface area contributed by atoms with Crippen molar-refractivity contribution >= 4 is 29.9 Å². The van der Waals surface area contributed by atoms with Gasteiger partial charge in [-0.25, -0.2) is 4.79 Å². The first-order valence-corrected chi connectivity index (χ1v) is 6.79. The Kier molecular flexibility index (Phi) is 5.33. The first kappa shape index (κ1) is 15.8. The van der Waals surface area contributed by atoms with Gasteiger partial charge in [-0.2, -0.15) is 0 Å². The summed E-state index contributed by atoms with van der Waals surface area (Å²) in [6.07, 6.45) is 3.58. The second-order valence-electron chi connectivity index (χ2n) is 4.34. The second-order valence-corrected chi connectivity index (χ2v) is 4.77. The Labute approximate surface area is 132 Å². The molecule has 0 aliphatic carbocycles. The Balaban J connectivity index is 2.10. The van der Waals surface area contributed by atoms with Crippen molar-refractivity contribution < 1.29 is 19.1 Å². The molecule has 4 nitrogen and oxygen atoms in total. The van der Waals surface area contributed by atoms with Crippen LogP contribution in [-0.4, -0.2) is 19.4 Å². The molecule has 0 aromatic heterocycles. The van der Waals surface area contributed by atoms with Gasteiger partial charge in [-0.05, 0) is 42.0 Å². The van der Waals surface area contributed by atoms with E-state index in [0.717, 1.165) is 5.56 Å². The van der Waals surface area contributed by atoms with Gasteiger partial charge in [0.25, 0.3) is 0 Å². The predicted octanol–water partition coefficient (Wildman–Crippen LogP) is 3.78. The van der Waals surface area contributed by atoms with Crippen LogP contribution in [0.15, 0.2) is 48.5 Å². The lowest BCUT2D eigenvalue weighted by Gasteiger charge is -2.08. The van der Waals surface area contributed by atoms with Crippen molar-refractivity contribution in [2.75, 3.05) is 7.11 Å². The third kappa shape index (κ3) is 4.20. The molecule has 0 saturated carbocycles. The zero-order valence-electron chi connectivity index (χ0n) is 11.8. The van der Waals surface area contributed by atoms with Crippen LogP contribution in [0.3, 0.4) is 0 Å². The molecule has 0 bridgehead atoms. The lowest BCUT2D eigenvalue weighted by atomic mass is 10.2. The van der Waals surface area contributed by atoms with Crippen LogP contribution in [-0.2, 0) is 4.79 Å². The number of hydrogen-bond acceptors (Lipinski definition) is 4. The highest BCUT2D eigenvalue weighted by Gasteiger charge is 2.08. The summed E-state index contributed by atoms with van der Waals surface area (Å²) in [7, 11) is 1.43. The number of esters is 1. The number of ether oxygens (including phenoxy) is 2. The van der Waals surface area contributed by atoms with Crippen LogP contribution >= 0.6 is 11.6 Å². The number of aldehydes is 1. The van der Waals surface area contributed by atoms with Crippen molar-refractivity contribution in [3.05, 3.63) is 64.7 Å². The average Bonchev–Trinajstić information content (AvgIpc) is 2.53. The molecule has 2 aromatic carbocycles. The van der Waals surface area contributed by atoms with E-state index in [2.05, 4.69) is 0 Å². The van der Waals surface area contributed by atoms with Gasteiger partial charge in [-0.1, -0.05) is 23.7 Å². The van der Waals surface area contributed by atoms with Crippen molar-refractivity contribution in [1.82, 2.24) is 0 Å². The largest absolute Gasteiger partial charge is 0.493 e. The number of halogens is 1. The molecule has 22 heavy (non-hydrogen) atoms. The number of carbonyl (C=O) groups excluding carboxylic acids is 2. The van der Waals surface area contributed by atoms with Crippen LogP contribution in [0.4, 0.5) is 0 Å². The summed E-state index contributed by atoms with van der Waals surface area (Å²) in [4.78, 5) is 22.5. The molecule has 0 amide bonds. The molecule has 0 aliphatic heterocycles. The van der Waals surface area contributed by atoms with E-state index in [4.69, 9.17) is 21.1 Å². The maximum atomic E-state index is 11.8. The smallest absolute Gasteiger partial charge is 0.336 e. The summed E-state index contributed by atoms with van der Waals surface area (Å²) in [5.74, 6) is 0.0000724. The minimum Gasteiger partial charge on any atom is -0.493 e. The molecule has 0 atom stereocenters. The lowest BCUT2D eigenvalue weighted by Crippen LogP contribution is -2.05. The van der Waals surface area contributed by atoms with Crippen molar-refractivity contribution in [2.24, 2.45) is 0 Å². The highest BCUT2D eigenvalue weighted by Crippen LogP contribution is 2.27. The van der Waals surface area contributed by atoms with Crippen LogP contribution < -0.4 is 9.47 Å². The van der Waals surface area contributed by atoms with Crippen molar-refractivity contribution in [3.63, 3.8) is 0 Å². The van der Waals surface area contributed by atoms with Crippen LogP contribution in [0.5, 0.6) is 11.5 Å². The van der Waals surface area contributed by atoms with E-state index in [1.54, 1.807) is 30.3 Å². The Morgan fingerprint density at radius 2 is 1.91 bits per heavy atom. The molecule has 0 heterocycles. The molecule has 2 aromatic rings. The maximum absolute atomic E-state index is 11.8. The van der Waals surface area contributed by atoms with Crippen LogP contribution in [0.25, 0.3) is 6.08 Å². The van der Waals surface area contributed by atoms with E-state index in [0.29, 0.717) is 22.6 Å². The molecule has 0 spiro atoms. The Bertz CT molecular complexity index is 722. The second kappa shape index (κ2) is 7.43. The molecule has 2 rings (SSSR count). The van der Waals surface area contributed by atoms with Gasteiger partial charge in [0.2, 0.25) is 0 Å². The number of rotatable bonds is 5. The fourth-order valence-electron chi connectivity index (χ4n) is 1.76. The van der Waals surface area contributed by atoms with Gasteiger partial charge in [0.1, 0.15) is 6.29 Å². The van der Waals surface area contributed by atoms with Gasteiger partial charge >= 0.3 is 5.97 Å². The standard InChI is InChI=1S/C17H13ClO4/c1-21-16-10-13(11-19)5-7-15(16)22-17(20)8-6-12-3-2-4-14(18)9-12/h2-11H,1H3/b8-6+. The predicted molar refractivity (Wildman–Crippen MR) is 84.5 cm³/mol. The molecule has 0 unspecified atom stereocenters. The molecular weight excluding hydrogens is 304 g/mol. The van der Waals surface area contributed by atoms with Gasteiger partial charge in [0.15, 0.2) is 11.5 Å². The van der Waals surface area contributed by atoms with Gasteiger partial charge in [0, 0.05) is 16.7 Å². The van der Waals surface area contributed by atoms with Crippen LogP contribution in [0.2, 0.25) is 5.02 Å². The zero-order chi connectivity index (χ0) is 15.9.